The highest BCUT2D eigenvalue weighted by Gasteiger charge is 2.17. The third-order valence-electron chi connectivity index (χ3n) is 3.03. The smallest absolute Gasteiger partial charge is 0.240 e. The minimum absolute atomic E-state index is 0.0479. The van der Waals surface area contributed by atoms with Crippen LogP contribution in [0.5, 0.6) is 0 Å². The minimum Gasteiger partial charge on any atom is -0.396 e. The molecule has 0 amide bonds. The van der Waals surface area contributed by atoms with E-state index in [9.17, 15) is 8.42 Å². The van der Waals surface area contributed by atoms with Crippen LogP contribution in [0.2, 0.25) is 0 Å². The van der Waals surface area contributed by atoms with E-state index in [0.717, 1.165) is 5.56 Å². The molecule has 114 valence electrons. The van der Waals surface area contributed by atoms with Crippen LogP contribution in [0.3, 0.4) is 0 Å². The van der Waals surface area contributed by atoms with Gasteiger partial charge in [0.2, 0.25) is 10.0 Å². The largest absolute Gasteiger partial charge is 0.396 e. The maximum absolute atomic E-state index is 12.3. The number of imidazole rings is 1. The summed E-state index contributed by atoms with van der Waals surface area (Å²) in [5.74, 6) is 0. The molecule has 2 rings (SSSR count). The Morgan fingerprint density at radius 3 is 2.62 bits per heavy atom. The topological polar surface area (TPSA) is 84.2 Å². The van der Waals surface area contributed by atoms with Gasteiger partial charge in [0.25, 0.3) is 0 Å². The van der Waals surface area contributed by atoms with Crippen LogP contribution in [0.15, 0.2) is 47.9 Å². The monoisotopic (exact) mass is 309 g/mol. The number of hydrogen-bond acceptors (Lipinski definition) is 4. The normalized spacial score (nSPS) is 13.2. The SMILES string of the molecule is CC(Cn1ccnc1)NS(=O)(=O)c1ccc(CCO)cc1. The summed E-state index contributed by atoms with van der Waals surface area (Å²) >= 11 is 0. The molecule has 0 radical (unpaired) electrons. The van der Waals surface area contributed by atoms with Crippen LogP contribution < -0.4 is 4.72 Å². The molecule has 0 saturated carbocycles. The fourth-order valence-electron chi connectivity index (χ4n) is 2.05. The van der Waals surface area contributed by atoms with E-state index in [-0.39, 0.29) is 17.5 Å². The second-order valence-electron chi connectivity index (χ2n) is 4.90. The van der Waals surface area contributed by atoms with Gasteiger partial charge in [-0.05, 0) is 31.0 Å². The predicted octanol–water partition coefficient (Wildman–Crippen LogP) is 0.785. The van der Waals surface area contributed by atoms with Gasteiger partial charge in [0, 0.05) is 31.6 Å². The lowest BCUT2D eigenvalue weighted by Gasteiger charge is -2.15. The first-order chi connectivity index (χ1) is 10.0. The molecular weight excluding hydrogens is 290 g/mol. The van der Waals surface area contributed by atoms with Crippen LogP contribution in [-0.2, 0) is 23.0 Å². The van der Waals surface area contributed by atoms with E-state index in [1.165, 1.54) is 0 Å². The number of benzene rings is 1. The van der Waals surface area contributed by atoms with Crippen LogP contribution >= 0.6 is 0 Å². The maximum atomic E-state index is 12.3. The van der Waals surface area contributed by atoms with Gasteiger partial charge in [0.05, 0.1) is 11.2 Å². The molecule has 7 heteroatoms. The minimum atomic E-state index is -3.54. The number of aliphatic hydroxyl groups is 1. The Balaban J connectivity index is 2.03. The van der Waals surface area contributed by atoms with Crippen molar-refractivity contribution in [2.75, 3.05) is 6.61 Å². The van der Waals surface area contributed by atoms with Crippen LogP contribution in [0.25, 0.3) is 0 Å². The van der Waals surface area contributed by atoms with Gasteiger partial charge in [-0.1, -0.05) is 12.1 Å². The average Bonchev–Trinajstić information content (AvgIpc) is 2.92. The molecule has 0 aliphatic carbocycles. The Labute approximate surface area is 124 Å². The van der Waals surface area contributed by atoms with E-state index < -0.39 is 10.0 Å². The molecule has 2 N–H and O–H groups in total. The molecule has 21 heavy (non-hydrogen) atoms. The number of rotatable bonds is 7. The molecule has 0 spiro atoms. The molecule has 1 aromatic carbocycles. The second-order valence-corrected chi connectivity index (χ2v) is 6.61. The first-order valence-corrected chi connectivity index (χ1v) is 8.17. The zero-order chi connectivity index (χ0) is 15.3. The molecule has 0 bridgehead atoms. The molecule has 1 aromatic heterocycles. The van der Waals surface area contributed by atoms with Crippen molar-refractivity contribution in [3.05, 3.63) is 48.5 Å². The van der Waals surface area contributed by atoms with E-state index in [1.807, 2.05) is 4.57 Å². The third-order valence-corrected chi connectivity index (χ3v) is 4.64. The highest BCUT2D eigenvalue weighted by Crippen LogP contribution is 2.11. The second kappa shape index (κ2) is 6.84. The number of sulfonamides is 1. The summed E-state index contributed by atoms with van der Waals surface area (Å²) in [4.78, 5) is 4.15. The lowest BCUT2D eigenvalue weighted by Crippen LogP contribution is -2.35. The van der Waals surface area contributed by atoms with Gasteiger partial charge < -0.3 is 9.67 Å². The Hall–Kier alpha value is -1.70. The van der Waals surface area contributed by atoms with Gasteiger partial charge in [0.15, 0.2) is 0 Å². The zero-order valence-corrected chi connectivity index (χ0v) is 12.6. The molecule has 6 nitrogen and oxygen atoms in total. The fourth-order valence-corrected chi connectivity index (χ4v) is 3.28. The van der Waals surface area contributed by atoms with Gasteiger partial charge in [-0.15, -0.1) is 0 Å². The standard InChI is InChI=1S/C14H19N3O3S/c1-12(10-17-8-7-15-11-17)16-21(19,20)14-4-2-13(3-5-14)6-9-18/h2-5,7-8,11-12,16,18H,6,9-10H2,1H3. The molecule has 0 aliphatic heterocycles. The first kappa shape index (κ1) is 15.7. The van der Waals surface area contributed by atoms with Crippen molar-refractivity contribution in [1.82, 2.24) is 14.3 Å². The fraction of sp³-hybridized carbons (Fsp3) is 0.357. The summed E-state index contributed by atoms with van der Waals surface area (Å²) in [5.41, 5.74) is 0.905. The number of nitrogens with one attached hydrogen (secondary N) is 1. The van der Waals surface area contributed by atoms with Crippen LogP contribution in [0.1, 0.15) is 12.5 Å². The predicted molar refractivity (Wildman–Crippen MR) is 79.2 cm³/mol. The summed E-state index contributed by atoms with van der Waals surface area (Å²) < 4.78 is 29.0. The van der Waals surface area contributed by atoms with E-state index >= 15 is 0 Å². The summed E-state index contributed by atoms with van der Waals surface area (Å²) in [6.07, 6.45) is 5.61. The number of nitrogens with zero attached hydrogens (tertiary/aromatic N) is 2. The number of hydrogen-bond donors (Lipinski definition) is 2. The Morgan fingerprint density at radius 1 is 1.33 bits per heavy atom. The van der Waals surface area contributed by atoms with Crippen molar-refractivity contribution < 1.29 is 13.5 Å². The van der Waals surface area contributed by atoms with Crippen LogP contribution in [0.4, 0.5) is 0 Å². The van der Waals surface area contributed by atoms with Crippen molar-refractivity contribution in [3.8, 4) is 0 Å². The van der Waals surface area contributed by atoms with Gasteiger partial charge in [-0.2, -0.15) is 0 Å². The van der Waals surface area contributed by atoms with Crippen molar-refractivity contribution in [1.29, 1.82) is 0 Å². The molecule has 1 atom stereocenters. The van der Waals surface area contributed by atoms with Crippen LogP contribution in [-0.4, -0.2) is 35.7 Å². The maximum Gasteiger partial charge on any atom is 0.240 e. The molecule has 1 unspecified atom stereocenters. The van der Waals surface area contributed by atoms with Gasteiger partial charge in [-0.25, -0.2) is 18.1 Å². The van der Waals surface area contributed by atoms with Crippen molar-refractivity contribution >= 4 is 10.0 Å². The summed E-state index contributed by atoms with van der Waals surface area (Å²) in [6.45, 7) is 2.37. The molecule has 0 saturated heterocycles. The van der Waals surface area contributed by atoms with Crippen molar-refractivity contribution in [2.24, 2.45) is 0 Å². The zero-order valence-electron chi connectivity index (χ0n) is 11.8. The summed E-state index contributed by atoms with van der Waals surface area (Å²) in [5, 5.41) is 8.85. The highest BCUT2D eigenvalue weighted by molar-refractivity contribution is 7.89. The van der Waals surface area contributed by atoms with E-state index in [2.05, 4.69) is 9.71 Å². The van der Waals surface area contributed by atoms with E-state index in [4.69, 9.17) is 5.11 Å². The molecular formula is C14H19N3O3S. The van der Waals surface area contributed by atoms with Crippen LogP contribution in [0, 0.1) is 0 Å². The molecule has 2 aromatic rings. The average molecular weight is 309 g/mol. The molecule has 1 heterocycles. The Bertz CT molecular complexity index is 651. The van der Waals surface area contributed by atoms with Crippen molar-refractivity contribution in [3.63, 3.8) is 0 Å². The molecule has 0 aliphatic rings. The first-order valence-electron chi connectivity index (χ1n) is 6.69. The molecule has 0 fully saturated rings. The lowest BCUT2D eigenvalue weighted by atomic mass is 10.2. The Kier molecular flexibility index (Phi) is 5.11. The quantitative estimate of drug-likeness (QED) is 0.792. The summed E-state index contributed by atoms with van der Waals surface area (Å²) in [7, 11) is -3.54. The summed E-state index contributed by atoms with van der Waals surface area (Å²) in [6, 6.07) is 6.28. The number of aromatic nitrogens is 2. The van der Waals surface area contributed by atoms with E-state index in [1.54, 1.807) is 49.9 Å². The Morgan fingerprint density at radius 2 is 2.05 bits per heavy atom. The van der Waals surface area contributed by atoms with Gasteiger partial charge in [-0.3, -0.25) is 0 Å². The third kappa shape index (κ3) is 4.38. The number of aliphatic hydroxyl groups excluding tert-OH is 1. The lowest BCUT2D eigenvalue weighted by molar-refractivity contribution is 0.299. The van der Waals surface area contributed by atoms with Gasteiger partial charge in [0.1, 0.15) is 0 Å². The van der Waals surface area contributed by atoms with Gasteiger partial charge >= 0.3 is 0 Å². The highest BCUT2D eigenvalue weighted by atomic mass is 32.2. The van der Waals surface area contributed by atoms with E-state index in [0.29, 0.717) is 13.0 Å². The van der Waals surface area contributed by atoms with Crippen molar-refractivity contribution in [2.45, 2.75) is 30.8 Å².